The van der Waals surface area contributed by atoms with Gasteiger partial charge < -0.3 is 16.0 Å². The molecule has 0 aliphatic heterocycles. The zero-order valence-corrected chi connectivity index (χ0v) is 17.3. The van der Waals surface area contributed by atoms with Gasteiger partial charge in [-0.3, -0.25) is 9.79 Å². The number of rotatable bonds is 9. The highest BCUT2D eigenvalue weighted by Crippen LogP contribution is 2.14. The second-order valence-electron chi connectivity index (χ2n) is 5.75. The lowest BCUT2D eigenvalue weighted by atomic mass is 10.2. The lowest BCUT2D eigenvalue weighted by molar-refractivity contribution is 0.0954. The number of hydrogen-bond acceptors (Lipinski definition) is 4. The number of thiazole rings is 1. The predicted molar refractivity (Wildman–Crippen MR) is 113 cm³/mol. The van der Waals surface area contributed by atoms with Gasteiger partial charge in [0.05, 0.1) is 15.6 Å². The molecule has 8 heteroatoms. The number of guanidine groups is 1. The summed E-state index contributed by atoms with van der Waals surface area (Å²) in [5, 5.41) is 10.8. The second kappa shape index (κ2) is 11.6. The van der Waals surface area contributed by atoms with Crippen LogP contribution in [0.1, 0.15) is 34.1 Å². The van der Waals surface area contributed by atoms with Crippen LogP contribution < -0.4 is 16.0 Å². The monoisotopic (exact) mass is 407 g/mol. The number of benzene rings is 1. The Morgan fingerprint density at radius 3 is 2.67 bits per heavy atom. The second-order valence-corrected chi connectivity index (χ2v) is 7.35. The standard InChI is InChI=1S/C19H26ClN5OS/c1-3-14-13-25-17(27-14)9-10-23-19(21-4-2)24-12-11-22-18(26)15-7-5-6-8-16(15)20/h5-8,13H,3-4,9-12H2,1-2H3,(H,22,26)(H2,21,23,24). The molecule has 0 spiro atoms. The van der Waals surface area contributed by atoms with Gasteiger partial charge in [-0.05, 0) is 25.5 Å². The molecule has 0 bridgehead atoms. The number of carbonyl (C=O) groups is 1. The Hall–Kier alpha value is -2.12. The summed E-state index contributed by atoms with van der Waals surface area (Å²) in [7, 11) is 0. The third-order valence-corrected chi connectivity index (χ3v) is 5.24. The van der Waals surface area contributed by atoms with E-state index in [2.05, 4.69) is 32.9 Å². The first kappa shape index (κ1) is 21.2. The van der Waals surface area contributed by atoms with E-state index >= 15 is 0 Å². The van der Waals surface area contributed by atoms with Gasteiger partial charge in [-0.1, -0.05) is 30.7 Å². The first-order valence-electron chi connectivity index (χ1n) is 9.12. The van der Waals surface area contributed by atoms with Crippen molar-refractivity contribution >= 4 is 34.8 Å². The van der Waals surface area contributed by atoms with Crippen molar-refractivity contribution in [2.24, 2.45) is 4.99 Å². The number of aryl methyl sites for hydroxylation is 1. The molecule has 1 aromatic heterocycles. The lowest BCUT2D eigenvalue weighted by Gasteiger charge is -2.12. The van der Waals surface area contributed by atoms with Crippen LogP contribution in [0.5, 0.6) is 0 Å². The topological polar surface area (TPSA) is 78.4 Å². The molecule has 6 nitrogen and oxygen atoms in total. The van der Waals surface area contributed by atoms with Gasteiger partial charge in [-0.2, -0.15) is 0 Å². The van der Waals surface area contributed by atoms with Crippen molar-refractivity contribution in [3.8, 4) is 0 Å². The van der Waals surface area contributed by atoms with Crippen molar-refractivity contribution in [3.05, 3.63) is 50.9 Å². The van der Waals surface area contributed by atoms with E-state index in [4.69, 9.17) is 11.6 Å². The van der Waals surface area contributed by atoms with Gasteiger partial charge in [0.15, 0.2) is 5.96 Å². The summed E-state index contributed by atoms with van der Waals surface area (Å²) in [6.07, 6.45) is 3.78. The van der Waals surface area contributed by atoms with Crippen molar-refractivity contribution in [2.75, 3.05) is 26.2 Å². The van der Waals surface area contributed by atoms with E-state index in [0.29, 0.717) is 30.2 Å². The highest BCUT2D eigenvalue weighted by atomic mass is 35.5. The van der Waals surface area contributed by atoms with Crippen LogP contribution in [-0.4, -0.2) is 43.0 Å². The lowest BCUT2D eigenvalue weighted by Crippen LogP contribution is -2.41. The van der Waals surface area contributed by atoms with Gasteiger partial charge in [0, 0.05) is 43.7 Å². The van der Waals surface area contributed by atoms with E-state index in [1.54, 1.807) is 35.6 Å². The van der Waals surface area contributed by atoms with Crippen molar-refractivity contribution in [1.29, 1.82) is 0 Å². The van der Waals surface area contributed by atoms with Crippen LogP contribution in [0.4, 0.5) is 0 Å². The third kappa shape index (κ3) is 7.19. The van der Waals surface area contributed by atoms with Gasteiger partial charge in [0.1, 0.15) is 0 Å². The average molecular weight is 408 g/mol. The molecule has 0 saturated carbocycles. The summed E-state index contributed by atoms with van der Waals surface area (Å²) in [5.41, 5.74) is 0.481. The van der Waals surface area contributed by atoms with E-state index in [9.17, 15) is 4.79 Å². The number of amides is 1. The molecule has 2 rings (SSSR count). The Morgan fingerprint density at radius 1 is 1.19 bits per heavy atom. The van der Waals surface area contributed by atoms with Gasteiger partial charge in [0.2, 0.25) is 0 Å². The normalized spacial score (nSPS) is 11.3. The van der Waals surface area contributed by atoms with E-state index in [1.807, 2.05) is 13.1 Å². The predicted octanol–water partition coefficient (Wildman–Crippen LogP) is 2.89. The molecule has 0 unspecified atom stereocenters. The fourth-order valence-electron chi connectivity index (χ4n) is 2.33. The Balaban J connectivity index is 1.74. The molecule has 0 aliphatic carbocycles. The van der Waals surface area contributed by atoms with Crippen LogP contribution in [0.25, 0.3) is 0 Å². The first-order valence-corrected chi connectivity index (χ1v) is 10.3. The molecule has 1 aromatic carbocycles. The minimum Gasteiger partial charge on any atom is -0.357 e. The average Bonchev–Trinajstić information content (AvgIpc) is 3.13. The molecule has 0 atom stereocenters. The Labute approximate surface area is 169 Å². The van der Waals surface area contributed by atoms with Crippen LogP contribution >= 0.6 is 22.9 Å². The molecule has 2 aromatic rings. The quantitative estimate of drug-likeness (QED) is 0.339. The Bertz CT molecular complexity index is 762. The van der Waals surface area contributed by atoms with Gasteiger partial charge >= 0.3 is 0 Å². The SMILES string of the molecule is CCNC(=NCCc1ncc(CC)s1)NCCNC(=O)c1ccccc1Cl. The molecular formula is C19H26ClN5OS. The molecule has 146 valence electrons. The maximum absolute atomic E-state index is 12.1. The summed E-state index contributed by atoms with van der Waals surface area (Å²) in [6.45, 7) is 6.63. The molecule has 1 amide bonds. The maximum atomic E-state index is 12.1. The molecule has 0 fully saturated rings. The molecule has 27 heavy (non-hydrogen) atoms. The minimum atomic E-state index is -0.181. The molecule has 0 radical (unpaired) electrons. The molecule has 0 aliphatic rings. The summed E-state index contributed by atoms with van der Waals surface area (Å²) >= 11 is 7.77. The van der Waals surface area contributed by atoms with E-state index in [0.717, 1.165) is 30.4 Å². The van der Waals surface area contributed by atoms with Crippen LogP contribution in [0, 0.1) is 0 Å². The summed E-state index contributed by atoms with van der Waals surface area (Å²) in [4.78, 5) is 22.4. The number of nitrogens with zero attached hydrogens (tertiary/aromatic N) is 2. The van der Waals surface area contributed by atoms with Gasteiger partial charge in [-0.15, -0.1) is 11.3 Å². The van der Waals surface area contributed by atoms with Crippen LogP contribution in [-0.2, 0) is 12.8 Å². The van der Waals surface area contributed by atoms with Crippen LogP contribution in [0.15, 0.2) is 35.5 Å². The number of carbonyl (C=O) groups excluding carboxylic acids is 1. The number of halogens is 1. The largest absolute Gasteiger partial charge is 0.357 e. The van der Waals surface area contributed by atoms with Crippen molar-refractivity contribution in [1.82, 2.24) is 20.9 Å². The minimum absolute atomic E-state index is 0.181. The zero-order chi connectivity index (χ0) is 19.5. The molecular weight excluding hydrogens is 382 g/mol. The van der Waals surface area contributed by atoms with Crippen molar-refractivity contribution in [2.45, 2.75) is 26.7 Å². The maximum Gasteiger partial charge on any atom is 0.252 e. The number of nitrogens with one attached hydrogen (secondary N) is 3. The number of aliphatic imine (C=N–C) groups is 1. The van der Waals surface area contributed by atoms with Crippen LogP contribution in [0.2, 0.25) is 5.02 Å². The van der Waals surface area contributed by atoms with Crippen LogP contribution in [0.3, 0.4) is 0 Å². The van der Waals surface area contributed by atoms with E-state index < -0.39 is 0 Å². The molecule has 1 heterocycles. The van der Waals surface area contributed by atoms with E-state index in [-0.39, 0.29) is 5.91 Å². The Morgan fingerprint density at radius 2 is 1.96 bits per heavy atom. The summed E-state index contributed by atoms with van der Waals surface area (Å²) in [5.74, 6) is 0.552. The number of hydrogen-bond donors (Lipinski definition) is 3. The fraction of sp³-hybridized carbons (Fsp3) is 0.421. The molecule has 3 N–H and O–H groups in total. The summed E-state index contributed by atoms with van der Waals surface area (Å²) in [6, 6.07) is 7.01. The van der Waals surface area contributed by atoms with Crippen molar-refractivity contribution < 1.29 is 4.79 Å². The first-order chi connectivity index (χ1) is 13.1. The third-order valence-electron chi connectivity index (χ3n) is 3.71. The van der Waals surface area contributed by atoms with E-state index in [1.165, 1.54) is 4.88 Å². The summed E-state index contributed by atoms with van der Waals surface area (Å²) < 4.78 is 0. The number of aromatic nitrogens is 1. The highest BCUT2D eigenvalue weighted by Gasteiger charge is 2.08. The van der Waals surface area contributed by atoms with Gasteiger partial charge in [-0.25, -0.2) is 4.98 Å². The van der Waals surface area contributed by atoms with Gasteiger partial charge in [0.25, 0.3) is 5.91 Å². The smallest absolute Gasteiger partial charge is 0.252 e. The molecule has 0 saturated heterocycles. The fourth-order valence-corrected chi connectivity index (χ4v) is 3.40. The zero-order valence-electron chi connectivity index (χ0n) is 15.7. The Kier molecular flexibility index (Phi) is 9.07. The van der Waals surface area contributed by atoms with Crippen molar-refractivity contribution in [3.63, 3.8) is 0 Å². The highest BCUT2D eigenvalue weighted by molar-refractivity contribution is 7.11.